The number of hydrogen-bond acceptors (Lipinski definition) is 4. The van der Waals surface area contributed by atoms with Gasteiger partial charge in [-0.25, -0.2) is 0 Å². The van der Waals surface area contributed by atoms with Gasteiger partial charge < -0.3 is 10.1 Å². The highest BCUT2D eigenvalue weighted by Crippen LogP contribution is 2.35. The van der Waals surface area contributed by atoms with Gasteiger partial charge in [0, 0.05) is 36.3 Å². The predicted octanol–water partition coefficient (Wildman–Crippen LogP) is 2.11. The van der Waals surface area contributed by atoms with Gasteiger partial charge in [0.15, 0.2) is 0 Å². The number of nitrogens with one attached hydrogen (secondary N) is 1. The molecule has 3 aliphatic rings. The van der Waals surface area contributed by atoms with Gasteiger partial charge in [-0.15, -0.1) is 11.3 Å². The van der Waals surface area contributed by atoms with Crippen LogP contribution in [-0.4, -0.2) is 43.2 Å². The Morgan fingerprint density at radius 2 is 2.32 bits per heavy atom. The third kappa shape index (κ3) is 3.21. The molecule has 1 aromatic heterocycles. The van der Waals surface area contributed by atoms with E-state index in [2.05, 4.69) is 27.7 Å². The molecular formula is C17H24N2O2S. The number of fused-ring (bicyclic) bond motifs is 1. The molecule has 3 fully saturated rings. The van der Waals surface area contributed by atoms with Crippen LogP contribution in [0.25, 0.3) is 0 Å². The Morgan fingerprint density at radius 1 is 1.41 bits per heavy atom. The number of rotatable bonds is 5. The van der Waals surface area contributed by atoms with Crippen LogP contribution >= 0.6 is 11.3 Å². The highest BCUT2D eigenvalue weighted by atomic mass is 32.1. The van der Waals surface area contributed by atoms with Gasteiger partial charge in [-0.1, -0.05) is 6.07 Å². The van der Waals surface area contributed by atoms with E-state index in [4.69, 9.17) is 4.74 Å². The summed E-state index contributed by atoms with van der Waals surface area (Å²) in [5.74, 6) is 1.79. The molecule has 0 spiro atoms. The lowest BCUT2D eigenvalue weighted by Crippen LogP contribution is -2.43. The Balaban J connectivity index is 1.27. The van der Waals surface area contributed by atoms with Crippen LogP contribution in [-0.2, 0) is 16.1 Å². The molecule has 2 aliphatic heterocycles. The van der Waals surface area contributed by atoms with Crippen molar-refractivity contribution in [2.75, 3.05) is 26.2 Å². The molecule has 2 saturated heterocycles. The van der Waals surface area contributed by atoms with Crippen LogP contribution in [0.15, 0.2) is 17.5 Å². The van der Waals surface area contributed by atoms with Crippen LogP contribution in [0, 0.1) is 17.8 Å². The average molecular weight is 320 g/mol. The molecule has 4 rings (SSSR count). The van der Waals surface area contributed by atoms with E-state index in [0.29, 0.717) is 24.3 Å². The van der Waals surface area contributed by atoms with Crippen LogP contribution in [0.2, 0.25) is 0 Å². The molecule has 0 unspecified atom stereocenters. The molecule has 0 radical (unpaired) electrons. The number of ether oxygens (including phenoxy) is 1. The number of likely N-dealkylation sites (tertiary alicyclic amines) is 1. The summed E-state index contributed by atoms with van der Waals surface area (Å²) in [6, 6.07) is 4.35. The molecule has 4 nitrogen and oxygen atoms in total. The van der Waals surface area contributed by atoms with Crippen molar-refractivity contribution in [3.8, 4) is 0 Å². The van der Waals surface area contributed by atoms with Crippen LogP contribution in [0.5, 0.6) is 0 Å². The minimum Gasteiger partial charge on any atom is -0.376 e. The van der Waals surface area contributed by atoms with Crippen molar-refractivity contribution in [2.24, 2.45) is 17.8 Å². The summed E-state index contributed by atoms with van der Waals surface area (Å²) in [5, 5.41) is 5.24. The molecule has 1 amide bonds. The summed E-state index contributed by atoms with van der Waals surface area (Å²) in [6.07, 6.45) is 3.57. The zero-order valence-electron chi connectivity index (χ0n) is 12.9. The lowest BCUT2D eigenvalue weighted by atomic mass is 9.84. The number of carbonyl (C=O) groups is 1. The summed E-state index contributed by atoms with van der Waals surface area (Å²) in [5.41, 5.74) is 0. The normalized spacial score (nSPS) is 31.9. The predicted molar refractivity (Wildman–Crippen MR) is 86.7 cm³/mol. The third-order valence-electron chi connectivity index (χ3n) is 5.26. The fourth-order valence-electron chi connectivity index (χ4n) is 3.83. The molecule has 3 atom stereocenters. The molecule has 1 N–H and O–H groups in total. The number of carbonyl (C=O) groups excluding carboxylic acids is 1. The summed E-state index contributed by atoms with van der Waals surface area (Å²) in [4.78, 5) is 15.8. The Labute approximate surface area is 135 Å². The van der Waals surface area contributed by atoms with Crippen LogP contribution in [0.1, 0.15) is 24.1 Å². The number of hydrogen-bond donors (Lipinski definition) is 1. The van der Waals surface area contributed by atoms with E-state index in [0.717, 1.165) is 39.1 Å². The van der Waals surface area contributed by atoms with E-state index in [1.165, 1.54) is 11.3 Å². The summed E-state index contributed by atoms with van der Waals surface area (Å²) in [7, 11) is 0. The van der Waals surface area contributed by atoms with Crippen molar-refractivity contribution in [2.45, 2.75) is 31.9 Å². The maximum absolute atomic E-state index is 11.8. The van der Waals surface area contributed by atoms with E-state index < -0.39 is 0 Å². The zero-order chi connectivity index (χ0) is 14.9. The highest BCUT2D eigenvalue weighted by Gasteiger charge is 2.41. The first-order valence-corrected chi connectivity index (χ1v) is 9.31. The molecule has 5 heteroatoms. The number of amides is 1. The third-order valence-corrected chi connectivity index (χ3v) is 6.13. The van der Waals surface area contributed by atoms with E-state index in [1.807, 2.05) is 11.3 Å². The molecular weight excluding hydrogens is 296 g/mol. The summed E-state index contributed by atoms with van der Waals surface area (Å²) in [6.45, 7) is 4.92. The highest BCUT2D eigenvalue weighted by molar-refractivity contribution is 7.09. The lowest BCUT2D eigenvalue weighted by molar-refractivity contribution is -0.122. The van der Waals surface area contributed by atoms with Gasteiger partial charge in [-0.3, -0.25) is 9.69 Å². The van der Waals surface area contributed by atoms with Gasteiger partial charge >= 0.3 is 0 Å². The van der Waals surface area contributed by atoms with Gasteiger partial charge in [0.2, 0.25) is 5.91 Å². The smallest absolute Gasteiger partial charge is 0.223 e. The Hall–Kier alpha value is -0.910. The average Bonchev–Trinajstić information content (AvgIpc) is 3.12. The van der Waals surface area contributed by atoms with Crippen molar-refractivity contribution < 1.29 is 9.53 Å². The number of thiophene rings is 1. The van der Waals surface area contributed by atoms with E-state index >= 15 is 0 Å². The minimum atomic E-state index is 0.233. The Kier molecular flexibility index (Phi) is 4.20. The van der Waals surface area contributed by atoms with Gasteiger partial charge in [-0.05, 0) is 43.2 Å². The summed E-state index contributed by atoms with van der Waals surface area (Å²) >= 11 is 1.84. The molecule has 120 valence electrons. The first-order chi connectivity index (χ1) is 10.8. The van der Waals surface area contributed by atoms with Gasteiger partial charge in [0.25, 0.3) is 0 Å². The maximum atomic E-state index is 11.8. The first kappa shape index (κ1) is 14.7. The van der Waals surface area contributed by atoms with Gasteiger partial charge in [0.1, 0.15) is 0 Å². The fraction of sp³-hybridized carbons (Fsp3) is 0.706. The van der Waals surface area contributed by atoms with Crippen molar-refractivity contribution in [1.29, 1.82) is 0 Å². The molecule has 3 heterocycles. The Morgan fingerprint density at radius 3 is 3.09 bits per heavy atom. The number of piperidine rings is 1. The van der Waals surface area contributed by atoms with Crippen molar-refractivity contribution >= 4 is 17.2 Å². The topological polar surface area (TPSA) is 41.6 Å². The summed E-state index contributed by atoms with van der Waals surface area (Å²) < 4.78 is 6.00. The van der Waals surface area contributed by atoms with Crippen molar-refractivity contribution in [3.63, 3.8) is 0 Å². The largest absolute Gasteiger partial charge is 0.376 e. The van der Waals surface area contributed by atoms with E-state index in [1.54, 1.807) is 0 Å². The maximum Gasteiger partial charge on any atom is 0.223 e. The van der Waals surface area contributed by atoms with Crippen LogP contribution in [0.4, 0.5) is 0 Å². The fourth-order valence-corrected chi connectivity index (χ4v) is 4.58. The molecule has 22 heavy (non-hydrogen) atoms. The zero-order valence-corrected chi connectivity index (χ0v) is 13.7. The quantitative estimate of drug-likeness (QED) is 0.903. The molecule has 0 bridgehead atoms. The molecule has 1 aliphatic carbocycles. The second-order valence-electron chi connectivity index (χ2n) is 6.92. The second kappa shape index (κ2) is 6.30. The van der Waals surface area contributed by atoms with Crippen molar-refractivity contribution in [3.05, 3.63) is 22.4 Å². The SMILES string of the molecule is O=C(NC[C@@H]1OC[C@@H]2CN(Cc3cccs3)CC[C@@H]21)C1CC1. The van der Waals surface area contributed by atoms with Crippen molar-refractivity contribution in [1.82, 2.24) is 10.2 Å². The minimum absolute atomic E-state index is 0.233. The van der Waals surface area contributed by atoms with Crippen LogP contribution < -0.4 is 5.32 Å². The standard InChI is InChI=1S/C17H24N2O2S/c20-17(12-3-4-12)18-8-16-15-5-6-19(9-13(15)11-21-16)10-14-2-1-7-22-14/h1-2,7,12-13,15-16H,3-6,8-11H2,(H,18,20)/t13-,15-,16-/m0/s1. The second-order valence-corrected chi connectivity index (χ2v) is 7.95. The molecule has 1 aromatic rings. The van der Waals surface area contributed by atoms with E-state index in [-0.39, 0.29) is 12.0 Å². The first-order valence-electron chi connectivity index (χ1n) is 8.43. The van der Waals surface area contributed by atoms with Gasteiger partial charge in [-0.2, -0.15) is 0 Å². The Bertz CT molecular complexity index is 515. The molecule has 0 aromatic carbocycles. The van der Waals surface area contributed by atoms with E-state index in [9.17, 15) is 4.79 Å². The molecule has 1 saturated carbocycles. The van der Waals surface area contributed by atoms with Gasteiger partial charge in [0.05, 0.1) is 12.7 Å². The number of nitrogens with zero attached hydrogens (tertiary/aromatic N) is 1. The monoisotopic (exact) mass is 320 g/mol. The van der Waals surface area contributed by atoms with Crippen LogP contribution in [0.3, 0.4) is 0 Å². The lowest BCUT2D eigenvalue weighted by Gasteiger charge is -2.35.